The number of nitrogens with zero attached hydrogens (tertiary/aromatic N) is 3. The number of carbonyl (C=O) groups excluding carboxylic acids is 3. The summed E-state index contributed by atoms with van der Waals surface area (Å²) in [6.45, 7) is 3.64. The van der Waals surface area contributed by atoms with Gasteiger partial charge in [-0.2, -0.15) is 0 Å². The van der Waals surface area contributed by atoms with Gasteiger partial charge in [-0.05, 0) is 32.0 Å². The van der Waals surface area contributed by atoms with E-state index >= 15 is 0 Å². The molecule has 0 unspecified atom stereocenters. The number of ether oxygens (including phenoxy) is 2. The molecule has 0 radical (unpaired) electrons. The van der Waals surface area contributed by atoms with E-state index in [0.29, 0.717) is 23.3 Å². The second-order valence-electron chi connectivity index (χ2n) is 5.69. The first-order valence-electron chi connectivity index (χ1n) is 8.07. The molecular formula is C17H17N3O6. The molecule has 1 saturated heterocycles. The molecule has 0 atom stereocenters. The van der Waals surface area contributed by atoms with Crippen molar-refractivity contribution in [3.05, 3.63) is 39.8 Å². The number of benzene rings is 1. The number of fused-ring (bicyclic) bond motifs is 1. The van der Waals surface area contributed by atoms with Crippen molar-refractivity contribution < 1.29 is 23.9 Å². The molecule has 9 heteroatoms. The molecule has 1 aromatic carbocycles. The van der Waals surface area contributed by atoms with Gasteiger partial charge < -0.3 is 14.0 Å². The zero-order valence-electron chi connectivity index (χ0n) is 14.4. The van der Waals surface area contributed by atoms with Crippen LogP contribution >= 0.6 is 0 Å². The number of aryl methyl sites for hydroxylation is 2. The Morgan fingerprint density at radius 2 is 2.08 bits per heavy atom. The number of aromatic nitrogens is 2. The van der Waals surface area contributed by atoms with Crippen molar-refractivity contribution in [2.24, 2.45) is 0 Å². The third kappa shape index (κ3) is 3.15. The van der Waals surface area contributed by atoms with E-state index in [-0.39, 0.29) is 24.3 Å². The smallest absolute Gasteiger partial charge is 0.416 e. The van der Waals surface area contributed by atoms with E-state index in [1.807, 2.05) is 6.92 Å². The van der Waals surface area contributed by atoms with E-state index in [0.717, 1.165) is 4.90 Å². The van der Waals surface area contributed by atoms with Gasteiger partial charge in [-0.25, -0.2) is 19.5 Å². The second-order valence-corrected chi connectivity index (χ2v) is 5.69. The zero-order chi connectivity index (χ0) is 18.8. The van der Waals surface area contributed by atoms with Crippen LogP contribution in [0, 0.1) is 6.92 Å². The summed E-state index contributed by atoms with van der Waals surface area (Å²) in [7, 11) is 0. The Kier molecular flexibility index (Phi) is 4.70. The van der Waals surface area contributed by atoms with Crippen molar-refractivity contribution in [3.8, 4) is 0 Å². The highest BCUT2D eigenvalue weighted by molar-refractivity contribution is 5.97. The highest BCUT2D eigenvalue weighted by atomic mass is 16.6. The van der Waals surface area contributed by atoms with Crippen LogP contribution in [-0.4, -0.2) is 52.2 Å². The van der Waals surface area contributed by atoms with Gasteiger partial charge in [0.25, 0.3) is 11.5 Å². The van der Waals surface area contributed by atoms with Crippen LogP contribution in [0.4, 0.5) is 4.79 Å². The van der Waals surface area contributed by atoms with Gasteiger partial charge >= 0.3 is 12.1 Å². The number of hydrogen-bond donors (Lipinski definition) is 0. The van der Waals surface area contributed by atoms with Crippen LogP contribution in [0.1, 0.15) is 23.0 Å². The first-order valence-corrected chi connectivity index (χ1v) is 8.07. The highest BCUT2D eigenvalue weighted by Gasteiger charge is 2.29. The lowest BCUT2D eigenvalue weighted by Crippen LogP contribution is -2.35. The van der Waals surface area contributed by atoms with Crippen molar-refractivity contribution in [1.29, 1.82) is 0 Å². The lowest BCUT2D eigenvalue weighted by molar-refractivity contribution is -0.131. The molecule has 136 valence electrons. The van der Waals surface area contributed by atoms with Crippen LogP contribution in [0.15, 0.2) is 23.0 Å². The molecule has 0 bridgehead atoms. The molecule has 1 aliphatic heterocycles. The summed E-state index contributed by atoms with van der Waals surface area (Å²) < 4.78 is 11.2. The maximum atomic E-state index is 12.2. The van der Waals surface area contributed by atoms with E-state index in [1.165, 1.54) is 12.1 Å². The Morgan fingerprint density at radius 3 is 2.73 bits per heavy atom. The maximum absolute atomic E-state index is 12.2. The van der Waals surface area contributed by atoms with Gasteiger partial charge in [0.1, 0.15) is 12.3 Å². The Labute approximate surface area is 148 Å². The fourth-order valence-corrected chi connectivity index (χ4v) is 2.72. The molecule has 1 aliphatic rings. The molecule has 0 N–H and O–H groups in total. The number of amides is 2. The highest BCUT2D eigenvalue weighted by Crippen LogP contribution is 2.14. The van der Waals surface area contributed by atoms with E-state index in [1.54, 1.807) is 17.6 Å². The molecule has 9 nitrogen and oxygen atoms in total. The average Bonchev–Trinajstić information content (AvgIpc) is 3.06. The lowest BCUT2D eigenvalue weighted by atomic mass is 10.2. The van der Waals surface area contributed by atoms with Crippen LogP contribution < -0.4 is 5.56 Å². The van der Waals surface area contributed by atoms with Crippen molar-refractivity contribution in [2.45, 2.75) is 20.4 Å². The van der Waals surface area contributed by atoms with E-state index < -0.39 is 24.6 Å². The van der Waals surface area contributed by atoms with Gasteiger partial charge in [-0.3, -0.25) is 9.59 Å². The molecule has 1 aromatic heterocycles. The summed E-state index contributed by atoms with van der Waals surface area (Å²) in [5, 5.41) is 0. The summed E-state index contributed by atoms with van der Waals surface area (Å²) in [5.41, 5.74) is 1.43. The number of rotatable bonds is 4. The summed E-state index contributed by atoms with van der Waals surface area (Å²) in [6, 6.07) is 4.62. The summed E-state index contributed by atoms with van der Waals surface area (Å²) >= 11 is 0. The molecule has 0 aliphatic carbocycles. The molecule has 2 aromatic rings. The average molecular weight is 359 g/mol. The largest absolute Gasteiger partial charge is 0.452 e. The number of cyclic esters (lactones) is 1. The predicted molar refractivity (Wildman–Crippen MR) is 89.8 cm³/mol. The molecule has 3 rings (SSSR count). The minimum Gasteiger partial charge on any atom is -0.452 e. The Morgan fingerprint density at radius 1 is 1.31 bits per heavy atom. The van der Waals surface area contributed by atoms with Crippen molar-refractivity contribution in [1.82, 2.24) is 14.5 Å². The van der Waals surface area contributed by atoms with Gasteiger partial charge in [0.15, 0.2) is 6.61 Å². The van der Waals surface area contributed by atoms with Gasteiger partial charge in [0.05, 0.1) is 23.1 Å². The standard InChI is InChI=1S/C17H17N3O6/c1-3-19-13-5-4-11(8-12(13)18-10(2)15(19)22)16(23)26-9-14(21)20-6-7-25-17(20)24/h4-5,8H,3,6-7,9H2,1-2H3. The Hall–Kier alpha value is -3.23. The van der Waals surface area contributed by atoms with Crippen molar-refractivity contribution >= 4 is 29.0 Å². The normalized spacial score (nSPS) is 13.8. The minimum absolute atomic E-state index is 0.132. The minimum atomic E-state index is -0.742. The van der Waals surface area contributed by atoms with Crippen LogP contribution in [0.2, 0.25) is 0 Å². The van der Waals surface area contributed by atoms with Crippen molar-refractivity contribution in [2.75, 3.05) is 19.8 Å². The maximum Gasteiger partial charge on any atom is 0.416 e. The third-order valence-electron chi connectivity index (χ3n) is 4.05. The Bertz CT molecular complexity index is 965. The molecule has 26 heavy (non-hydrogen) atoms. The van der Waals surface area contributed by atoms with E-state index in [2.05, 4.69) is 9.72 Å². The first kappa shape index (κ1) is 17.6. The monoisotopic (exact) mass is 359 g/mol. The molecule has 2 amide bonds. The topological polar surface area (TPSA) is 108 Å². The van der Waals surface area contributed by atoms with E-state index in [9.17, 15) is 19.2 Å². The molecule has 0 saturated carbocycles. The predicted octanol–water partition coefficient (Wildman–Crippen LogP) is 0.860. The van der Waals surface area contributed by atoms with Gasteiger partial charge in [0.2, 0.25) is 0 Å². The number of esters is 1. The summed E-state index contributed by atoms with van der Waals surface area (Å²) in [5.74, 6) is -1.36. The van der Waals surface area contributed by atoms with Crippen LogP contribution in [0.25, 0.3) is 11.0 Å². The molecule has 0 spiro atoms. The fourth-order valence-electron chi connectivity index (χ4n) is 2.72. The quantitative estimate of drug-likeness (QED) is 0.745. The molecule has 2 heterocycles. The molecule has 1 fully saturated rings. The first-order chi connectivity index (χ1) is 12.4. The van der Waals surface area contributed by atoms with Crippen LogP contribution in [0.3, 0.4) is 0 Å². The Balaban J connectivity index is 1.78. The number of carbonyl (C=O) groups is 3. The second kappa shape index (κ2) is 6.95. The van der Waals surface area contributed by atoms with E-state index in [4.69, 9.17) is 4.74 Å². The number of hydrogen-bond acceptors (Lipinski definition) is 7. The third-order valence-corrected chi connectivity index (χ3v) is 4.05. The SMILES string of the molecule is CCn1c(=O)c(C)nc2cc(C(=O)OCC(=O)N3CCOC3=O)ccc21. The summed E-state index contributed by atoms with van der Waals surface area (Å²) in [6.07, 6.45) is -0.742. The van der Waals surface area contributed by atoms with Crippen LogP contribution in [-0.2, 0) is 20.8 Å². The zero-order valence-corrected chi connectivity index (χ0v) is 14.4. The van der Waals surface area contributed by atoms with Gasteiger partial charge in [0, 0.05) is 6.54 Å². The lowest BCUT2D eigenvalue weighted by Gasteiger charge is -2.12. The summed E-state index contributed by atoms with van der Waals surface area (Å²) in [4.78, 5) is 52.6. The van der Waals surface area contributed by atoms with Crippen LogP contribution in [0.5, 0.6) is 0 Å². The van der Waals surface area contributed by atoms with Gasteiger partial charge in [-0.15, -0.1) is 0 Å². The molecular weight excluding hydrogens is 342 g/mol. The fraction of sp³-hybridized carbons (Fsp3) is 0.353. The van der Waals surface area contributed by atoms with Gasteiger partial charge in [-0.1, -0.05) is 0 Å². The van der Waals surface area contributed by atoms with Crippen molar-refractivity contribution in [3.63, 3.8) is 0 Å². The number of imide groups is 1.